The minimum Gasteiger partial charge on any atom is -0.481 e. The summed E-state index contributed by atoms with van der Waals surface area (Å²) in [6.45, 7) is 0. The second kappa shape index (κ2) is 4.25. The van der Waals surface area contributed by atoms with Crippen LogP contribution in [0.2, 0.25) is 0 Å². The van der Waals surface area contributed by atoms with Gasteiger partial charge in [-0.25, -0.2) is 0 Å². The van der Waals surface area contributed by atoms with Crippen molar-refractivity contribution in [2.24, 2.45) is 0 Å². The molecule has 13 heavy (non-hydrogen) atoms. The molecule has 1 fully saturated rings. The van der Waals surface area contributed by atoms with Crippen molar-refractivity contribution in [3.63, 3.8) is 0 Å². The van der Waals surface area contributed by atoms with E-state index >= 15 is 0 Å². The summed E-state index contributed by atoms with van der Waals surface area (Å²) in [4.78, 5) is 23.2. The van der Waals surface area contributed by atoms with Gasteiger partial charge in [0.15, 0.2) is 0 Å². The molecule has 0 atom stereocenters. The highest BCUT2D eigenvalue weighted by molar-refractivity contribution is 5.77. The Morgan fingerprint density at radius 3 is 2.46 bits per heavy atom. The molecule has 0 aromatic rings. The fourth-order valence-corrected chi connectivity index (χ4v) is 1.23. The zero-order chi connectivity index (χ0) is 9.84. The molecule has 1 aliphatic rings. The molecule has 0 spiro atoms. The molecule has 1 saturated carbocycles. The van der Waals surface area contributed by atoms with Crippen molar-refractivity contribution in [3.05, 3.63) is 0 Å². The predicted octanol–water partition coefficient (Wildman–Crippen LogP) is 0.862. The highest BCUT2D eigenvalue weighted by Gasteiger charge is 2.28. The molecular weight excluding hydrogens is 170 g/mol. The van der Waals surface area contributed by atoms with Gasteiger partial charge in [-0.1, -0.05) is 0 Å². The summed E-state index contributed by atoms with van der Waals surface area (Å²) in [7, 11) is 1.79. The van der Waals surface area contributed by atoms with Gasteiger partial charge in [0.2, 0.25) is 5.91 Å². The molecule has 1 rings (SSSR count). The topological polar surface area (TPSA) is 57.6 Å². The Kier molecular flexibility index (Phi) is 3.28. The third-order valence-corrected chi connectivity index (χ3v) is 2.27. The van der Waals surface area contributed by atoms with Gasteiger partial charge in [0.1, 0.15) is 0 Å². The van der Waals surface area contributed by atoms with Crippen LogP contribution < -0.4 is 0 Å². The Morgan fingerprint density at radius 1 is 1.38 bits per heavy atom. The summed E-state index contributed by atoms with van der Waals surface area (Å²) in [5.74, 6) is -0.759. The first kappa shape index (κ1) is 10.0. The Hall–Kier alpha value is -1.06. The van der Waals surface area contributed by atoms with Crippen molar-refractivity contribution in [1.82, 2.24) is 4.90 Å². The van der Waals surface area contributed by atoms with Crippen molar-refractivity contribution in [2.45, 2.75) is 38.1 Å². The SMILES string of the molecule is CN(C(=O)CCCC(=O)O)C1CC1. The van der Waals surface area contributed by atoms with Gasteiger partial charge in [0.25, 0.3) is 0 Å². The maximum atomic E-state index is 11.3. The number of carbonyl (C=O) groups excluding carboxylic acids is 1. The van der Waals surface area contributed by atoms with Crippen LogP contribution in [0.5, 0.6) is 0 Å². The second-order valence-corrected chi connectivity index (χ2v) is 3.48. The first-order chi connectivity index (χ1) is 6.11. The fourth-order valence-electron chi connectivity index (χ4n) is 1.23. The minimum atomic E-state index is -0.832. The molecule has 1 amide bonds. The molecule has 4 heteroatoms. The van der Waals surface area contributed by atoms with E-state index in [1.165, 1.54) is 0 Å². The average molecular weight is 185 g/mol. The van der Waals surface area contributed by atoms with Crippen LogP contribution in [0.15, 0.2) is 0 Å². The number of carboxylic acid groups (broad SMARTS) is 1. The van der Waals surface area contributed by atoms with Crippen LogP contribution >= 0.6 is 0 Å². The molecule has 0 bridgehead atoms. The van der Waals surface area contributed by atoms with Crippen LogP contribution in [0.25, 0.3) is 0 Å². The quantitative estimate of drug-likeness (QED) is 0.691. The van der Waals surface area contributed by atoms with E-state index in [-0.39, 0.29) is 12.3 Å². The van der Waals surface area contributed by atoms with Crippen LogP contribution in [0.3, 0.4) is 0 Å². The Balaban J connectivity index is 2.13. The molecule has 0 heterocycles. The third kappa shape index (κ3) is 3.44. The van der Waals surface area contributed by atoms with E-state index in [1.807, 2.05) is 0 Å². The van der Waals surface area contributed by atoms with Gasteiger partial charge in [0.05, 0.1) is 0 Å². The number of aliphatic carboxylic acids is 1. The second-order valence-electron chi connectivity index (χ2n) is 3.48. The van der Waals surface area contributed by atoms with Crippen molar-refractivity contribution < 1.29 is 14.7 Å². The van der Waals surface area contributed by atoms with Crippen LogP contribution in [0.1, 0.15) is 32.1 Å². The summed E-state index contributed by atoms with van der Waals surface area (Å²) in [6, 6.07) is 0.428. The van der Waals surface area contributed by atoms with Gasteiger partial charge in [0, 0.05) is 25.9 Å². The normalized spacial score (nSPS) is 15.5. The number of hydrogen-bond donors (Lipinski definition) is 1. The number of amides is 1. The summed E-state index contributed by atoms with van der Waals surface area (Å²) in [6.07, 6.45) is 3.09. The smallest absolute Gasteiger partial charge is 0.303 e. The van der Waals surface area contributed by atoms with E-state index in [2.05, 4.69) is 0 Å². The molecule has 0 aromatic carbocycles. The lowest BCUT2D eigenvalue weighted by Crippen LogP contribution is -2.28. The number of hydrogen-bond acceptors (Lipinski definition) is 2. The highest BCUT2D eigenvalue weighted by Crippen LogP contribution is 2.25. The zero-order valence-corrected chi connectivity index (χ0v) is 7.82. The molecular formula is C9H15NO3. The number of carbonyl (C=O) groups is 2. The lowest BCUT2D eigenvalue weighted by atomic mass is 10.2. The van der Waals surface area contributed by atoms with Crippen molar-refractivity contribution in [3.8, 4) is 0 Å². The maximum absolute atomic E-state index is 11.3. The van der Waals surface area contributed by atoms with E-state index in [4.69, 9.17) is 5.11 Å². The molecule has 0 aliphatic heterocycles. The van der Waals surface area contributed by atoms with Gasteiger partial charge < -0.3 is 10.0 Å². The standard InChI is InChI=1S/C9H15NO3/c1-10(7-5-6-7)8(11)3-2-4-9(12)13/h7H,2-6H2,1H3,(H,12,13). The van der Waals surface area contributed by atoms with Crippen LogP contribution in [-0.2, 0) is 9.59 Å². The summed E-state index contributed by atoms with van der Waals surface area (Å²) < 4.78 is 0. The molecule has 0 radical (unpaired) electrons. The monoisotopic (exact) mass is 185 g/mol. The van der Waals surface area contributed by atoms with Crippen molar-refractivity contribution in [1.29, 1.82) is 0 Å². The van der Waals surface area contributed by atoms with Crippen LogP contribution in [0.4, 0.5) is 0 Å². The Bertz CT molecular complexity index is 211. The molecule has 0 aromatic heterocycles. The maximum Gasteiger partial charge on any atom is 0.303 e. The average Bonchev–Trinajstić information content (AvgIpc) is 2.84. The minimum absolute atomic E-state index is 0.0729. The molecule has 1 N–H and O–H groups in total. The van der Waals surface area contributed by atoms with Gasteiger partial charge in [-0.15, -0.1) is 0 Å². The molecule has 4 nitrogen and oxygen atoms in total. The zero-order valence-electron chi connectivity index (χ0n) is 7.82. The summed E-state index contributed by atoms with van der Waals surface area (Å²) >= 11 is 0. The van der Waals surface area contributed by atoms with Crippen LogP contribution in [0, 0.1) is 0 Å². The number of rotatable bonds is 5. The predicted molar refractivity (Wildman–Crippen MR) is 47.3 cm³/mol. The highest BCUT2D eigenvalue weighted by atomic mass is 16.4. The van der Waals surface area contributed by atoms with E-state index in [0.29, 0.717) is 18.9 Å². The summed E-state index contributed by atoms with van der Waals surface area (Å²) in [5, 5.41) is 8.36. The summed E-state index contributed by atoms with van der Waals surface area (Å²) in [5.41, 5.74) is 0. The first-order valence-corrected chi connectivity index (χ1v) is 4.58. The van der Waals surface area contributed by atoms with E-state index in [1.54, 1.807) is 11.9 Å². The Labute approximate surface area is 77.5 Å². The fraction of sp³-hybridized carbons (Fsp3) is 0.778. The number of carboxylic acids is 1. The molecule has 0 unspecified atom stereocenters. The lowest BCUT2D eigenvalue weighted by molar-refractivity contribution is -0.137. The molecule has 0 saturated heterocycles. The Morgan fingerprint density at radius 2 is 2.00 bits per heavy atom. The lowest BCUT2D eigenvalue weighted by Gasteiger charge is -2.15. The van der Waals surface area contributed by atoms with Gasteiger partial charge in [-0.05, 0) is 19.3 Å². The number of nitrogens with zero attached hydrogens (tertiary/aromatic N) is 1. The molecule has 74 valence electrons. The van der Waals surface area contributed by atoms with Crippen LogP contribution in [-0.4, -0.2) is 35.0 Å². The van der Waals surface area contributed by atoms with Gasteiger partial charge in [-0.3, -0.25) is 9.59 Å². The third-order valence-electron chi connectivity index (χ3n) is 2.27. The van der Waals surface area contributed by atoms with E-state index < -0.39 is 5.97 Å². The van der Waals surface area contributed by atoms with E-state index in [9.17, 15) is 9.59 Å². The van der Waals surface area contributed by atoms with Crippen molar-refractivity contribution in [2.75, 3.05) is 7.05 Å². The van der Waals surface area contributed by atoms with Gasteiger partial charge >= 0.3 is 5.97 Å². The van der Waals surface area contributed by atoms with E-state index in [0.717, 1.165) is 12.8 Å². The largest absolute Gasteiger partial charge is 0.481 e. The molecule has 1 aliphatic carbocycles. The van der Waals surface area contributed by atoms with Crippen molar-refractivity contribution >= 4 is 11.9 Å². The van der Waals surface area contributed by atoms with Gasteiger partial charge in [-0.2, -0.15) is 0 Å². The first-order valence-electron chi connectivity index (χ1n) is 4.58.